The van der Waals surface area contributed by atoms with Crippen LogP contribution in [0.5, 0.6) is 0 Å². The van der Waals surface area contributed by atoms with Gasteiger partial charge in [-0.1, -0.05) is 6.07 Å². The fourth-order valence-electron chi connectivity index (χ4n) is 2.60. The van der Waals surface area contributed by atoms with Crippen LogP contribution in [0.1, 0.15) is 12.8 Å². The van der Waals surface area contributed by atoms with E-state index in [-0.39, 0.29) is 0 Å². The SMILES string of the molecule is NCC1CCCN(c2cccc3ncoc23)C1. The van der Waals surface area contributed by atoms with Gasteiger partial charge < -0.3 is 15.1 Å². The fourth-order valence-corrected chi connectivity index (χ4v) is 2.60. The second kappa shape index (κ2) is 4.37. The number of hydrogen-bond donors (Lipinski definition) is 1. The predicted octanol–water partition coefficient (Wildman–Crippen LogP) is 2.00. The maximum Gasteiger partial charge on any atom is 0.182 e. The number of anilines is 1. The number of para-hydroxylation sites is 1. The number of aromatic nitrogens is 1. The van der Waals surface area contributed by atoms with Crippen LogP contribution in [0.2, 0.25) is 0 Å². The van der Waals surface area contributed by atoms with Gasteiger partial charge in [0.15, 0.2) is 12.0 Å². The van der Waals surface area contributed by atoms with E-state index in [0.717, 1.165) is 36.4 Å². The highest BCUT2D eigenvalue weighted by Gasteiger charge is 2.21. The average molecular weight is 231 g/mol. The summed E-state index contributed by atoms with van der Waals surface area (Å²) in [5, 5.41) is 0. The topological polar surface area (TPSA) is 55.3 Å². The Morgan fingerprint density at radius 3 is 3.29 bits per heavy atom. The number of piperidine rings is 1. The van der Waals surface area contributed by atoms with Crippen LogP contribution in [-0.2, 0) is 0 Å². The van der Waals surface area contributed by atoms with Crippen molar-refractivity contribution in [3.63, 3.8) is 0 Å². The van der Waals surface area contributed by atoms with Gasteiger partial charge >= 0.3 is 0 Å². The van der Waals surface area contributed by atoms with Crippen LogP contribution < -0.4 is 10.6 Å². The summed E-state index contributed by atoms with van der Waals surface area (Å²) in [6.45, 7) is 2.87. The molecule has 1 aliphatic rings. The Hall–Kier alpha value is -1.55. The molecule has 2 N–H and O–H groups in total. The molecule has 0 amide bonds. The zero-order chi connectivity index (χ0) is 11.7. The molecule has 0 spiro atoms. The van der Waals surface area contributed by atoms with Gasteiger partial charge in [0.1, 0.15) is 5.52 Å². The smallest absolute Gasteiger partial charge is 0.182 e. The van der Waals surface area contributed by atoms with Crippen LogP contribution in [0.25, 0.3) is 11.1 Å². The number of nitrogens with two attached hydrogens (primary N) is 1. The molecule has 2 aromatic rings. The molecular formula is C13H17N3O. The van der Waals surface area contributed by atoms with Gasteiger partial charge in [-0.05, 0) is 37.4 Å². The summed E-state index contributed by atoms with van der Waals surface area (Å²) in [7, 11) is 0. The van der Waals surface area contributed by atoms with E-state index < -0.39 is 0 Å². The Bertz CT molecular complexity index is 508. The van der Waals surface area contributed by atoms with Crippen LogP contribution in [0.15, 0.2) is 29.0 Å². The highest BCUT2D eigenvalue weighted by Crippen LogP contribution is 2.29. The minimum Gasteiger partial charge on any atom is -0.441 e. The maximum atomic E-state index is 5.77. The van der Waals surface area contributed by atoms with Gasteiger partial charge in [0, 0.05) is 13.1 Å². The van der Waals surface area contributed by atoms with Crippen LogP contribution in [0.3, 0.4) is 0 Å². The zero-order valence-corrected chi connectivity index (χ0v) is 9.80. The number of hydrogen-bond acceptors (Lipinski definition) is 4. The molecule has 1 aromatic heterocycles. The molecule has 90 valence electrons. The Morgan fingerprint density at radius 1 is 1.47 bits per heavy atom. The van der Waals surface area contributed by atoms with Crippen LogP contribution in [0.4, 0.5) is 5.69 Å². The Labute approximate surface area is 100 Å². The van der Waals surface area contributed by atoms with Crippen molar-refractivity contribution in [2.45, 2.75) is 12.8 Å². The van der Waals surface area contributed by atoms with Crippen LogP contribution in [0, 0.1) is 5.92 Å². The summed E-state index contributed by atoms with van der Waals surface area (Å²) >= 11 is 0. The third kappa shape index (κ3) is 1.89. The molecular weight excluding hydrogens is 214 g/mol. The first-order chi connectivity index (χ1) is 8.38. The molecule has 17 heavy (non-hydrogen) atoms. The minimum atomic E-state index is 0.599. The largest absolute Gasteiger partial charge is 0.441 e. The third-order valence-corrected chi connectivity index (χ3v) is 3.53. The van der Waals surface area contributed by atoms with Crippen LogP contribution >= 0.6 is 0 Å². The van der Waals surface area contributed by atoms with Gasteiger partial charge in [-0.2, -0.15) is 0 Å². The summed E-state index contributed by atoms with van der Waals surface area (Å²) in [5.74, 6) is 0.599. The van der Waals surface area contributed by atoms with Gasteiger partial charge in [-0.15, -0.1) is 0 Å². The van der Waals surface area contributed by atoms with Crippen molar-refractivity contribution in [3.8, 4) is 0 Å². The van der Waals surface area contributed by atoms with E-state index in [2.05, 4.69) is 16.0 Å². The molecule has 0 radical (unpaired) electrons. The molecule has 1 atom stereocenters. The van der Waals surface area contributed by atoms with E-state index in [4.69, 9.17) is 10.2 Å². The minimum absolute atomic E-state index is 0.599. The highest BCUT2D eigenvalue weighted by atomic mass is 16.3. The Morgan fingerprint density at radius 2 is 2.41 bits per heavy atom. The monoisotopic (exact) mass is 231 g/mol. The molecule has 1 aliphatic heterocycles. The van der Waals surface area contributed by atoms with Crippen molar-refractivity contribution >= 4 is 16.8 Å². The molecule has 0 bridgehead atoms. The predicted molar refractivity (Wildman–Crippen MR) is 68.0 cm³/mol. The molecule has 0 saturated carbocycles. The van der Waals surface area contributed by atoms with E-state index >= 15 is 0 Å². The number of fused-ring (bicyclic) bond motifs is 1. The number of benzene rings is 1. The number of nitrogens with zero attached hydrogens (tertiary/aromatic N) is 2. The fraction of sp³-hybridized carbons (Fsp3) is 0.462. The maximum absolute atomic E-state index is 5.77. The first kappa shape index (κ1) is 10.6. The molecule has 3 rings (SSSR count). The molecule has 0 aliphatic carbocycles. The van der Waals surface area contributed by atoms with E-state index in [1.54, 1.807) is 0 Å². The van der Waals surface area contributed by atoms with E-state index in [1.807, 2.05) is 12.1 Å². The number of oxazole rings is 1. The Balaban J connectivity index is 1.94. The number of rotatable bonds is 2. The first-order valence-corrected chi connectivity index (χ1v) is 6.15. The van der Waals surface area contributed by atoms with Gasteiger partial charge in [0.2, 0.25) is 0 Å². The summed E-state index contributed by atoms with van der Waals surface area (Å²) in [5.41, 5.74) is 8.75. The van der Waals surface area contributed by atoms with E-state index in [1.165, 1.54) is 19.2 Å². The average Bonchev–Trinajstić information content (AvgIpc) is 2.87. The third-order valence-electron chi connectivity index (χ3n) is 3.53. The molecule has 1 aromatic carbocycles. The van der Waals surface area contributed by atoms with E-state index in [0.29, 0.717) is 5.92 Å². The van der Waals surface area contributed by atoms with Gasteiger partial charge in [-0.3, -0.25) is 0 Å². The molecule has 2 heterocycles. The summed E-state index contributed by atoms with van der Waals surface area (Å²) in [6, 6.07) is 6.12. The van der Waals surface area contributed by atoms with Crippen LogP contribution in [-0.4, -0.2) is 24.6 Å². The van der Waals surface area contributed by atoms with Crippen molar-refractivity contribution in [1.82, 2.24) is 4.98 Å². The zero-order valence-electron chi connectivity index (χ0n) is 9.80. The molecule has 1 saturated heterocycles. The van der Waals surface area contributed by atoms with Gasteiger partial charge in [0.05, 0.1) is 5.69 Å². The van der Waals surface area contributed by atoms with Gasteiger partial charge in [0.25, 0.3) is 0 Å². The first-order valence-electron chi connectivity index (χ1n) is 6.15. The van der Waals surface area contributed by atoms with Gasteiger partial charge in [-0.25, -0.2) is 4.98 Å². The van der Waals surface area contributed by atoms with Crippen molar-refractivity contribution < 1.29 is 4.42 Å². The second-order valence-corrected chi connectivity index (χ2v) is 4.67. The lowest BCUT2D eigenvalue weighted by Crippen LogP contribution is -2.38. The molecule has 1 fully saturated rings. The lowest BCUT2D eigenvalue weighted by Gasteiger charge is -2.33. The summed E-state index contributed by atoms with van der Waals surface area (Å²) in [6.07, 6.45) is 3.95. The lowest BCUT2D eigenvalue weighted by molar-refractivity contribution is 0.423. The van der Waals surface area contributed by atoms with Crippen molar-refractivity contribution in [3.05, 3.63) is 24.6 Å². The normalized spacial score (nSPS) is 21.0. The highest BCUT2D eigenvalue weighted by molar-refractivity contribution is 5.86. The van der Waals surface area contributed by atoms with Crippen molar-refractivity contribution in [1.29, 1.82) is 0 Å². The second-order valence-electron chi connectivity index (χ2n) is 4.67. The summed E-state index contributed by atoms with van der Waals surface area (Å²) in [4.78, 5) is 6.56. The van der Waals surface area contributed by atoms with Crippen molar-refractivity contribution in [2.24, 2.45) is 11.7 Å². The summed E-state index contributed by atoms with van der Waals surface area (Å²) < 4.78 is 5.49. The lowest BCUT2D eigenvalue weighted by atomic mass is 9.98. The molecule has 4 nitrogen and oxygen atoms in total. The molecule has 4 heteroatoms. The quantitative estimate of drug-likeness (QED) is 0.859. The Kier molecular flexibility index (Phi) is 2.73. The molecule has 1 unspecified atom stereocenters. The van der Waals surface area contributed by atoms with E-state index in [9.17, 15) is 0 Å². The van der Waals surface area contributed by atoms with Crippen molar-refractivity contribution in [2.75, 3.05) is 24.5 Å². The standard InChI is InChI=1S/C13H17N3O/c14-7-10-3-2-6-16(8-10)12-5-1-4-11-13(12)17-9-15-11/h1,4-5,9-10H,2-3,6-8,14H2.